The Balaban J connectivity index is 0.00000481. The van der Waals surface area contributed by atoms with Gasteiger partial charge in [-0.2, -0.15) is 0 Å². The lowest BCUT2D eigenvalue weighted by atomic mass is 9.74. The van der Waals surface area contributed by atoms with Crippen molar-refractivity contribution in [2.75, 3.05) is 41.8 Å². The van der Waals surface area contributed by atoms with Gasteiger partial charge in [0.15, 0.2) is 0 Å². The monoisotopic (exact) mass is 505 g/mol. The molecule has 1 aliphatic rings. The fourth-order valence-electron chi connectivity index (χ4n) is 4.57. The van der Waals surface area contributed by atoms with Crippen LogP contribution < -0.4 is 15.5 Å². The van der Waals surface area contributed by atoms with Crippen molar-refractivity contribution in [1.82, 2.24) is 0 Å². The zero-order chi connectivity index (χ0) is 26.5. The molecule has 0 radical (unpaired) electrons. The second-order valence-electron chi connectivity index (χ2n) is 10.1. The van der Waals surface area contributed by atoms with E-state index >= 15 is 0 Å². The minimum absolute atomic E-state index is 0. The molecule has 0 spiro atoms. The zero-order valence-electron chi connectivity index (χ0n) is 21.2. The number of rotatable bonds is 9. The number of hydrogen-bond donors (Lipinski definition) is 3. The van der Waals surface area contributed by atoms with Crippen molar-refractivity contribution in [2.24, 2.45) is 11.8 Å². The maximum atomic E-state index is 14.1. The molecule has 0 aliphatic carbocycles. The van der Waals surface area contributed by atoms with Crippen molar-refractivity contribution in [2.45, 2.75) is 46.0 Å². The molecule has 1 aliphatic heterocycles. The highest BCUT2D eigenvalue weighted by Gasteiger charge is 2.42. The summed E-state index contributed by atoms with van der Waals surface area (Å²) in [6, 6.07) is 7.52. The molecule has 36 heavy (non-hydrogen) atoms. The Kier molecular flexibility index (Phi) is 8.89. The van der Waals surface area contributed by atoms with E-state index in [2.05, 4.69) is 43.2 Å². The molecule has 1 saturated heterocycles. The van der Waals surface area contributed by atoms with E-state index in [4.69, 9.17) is 4.74 Å². The topological polar surface area (TPSA) is 90.9 Å². The summed E-state index contributed by atoms with van der Waals surface area (Å²) in [5, 5.41) is 15.3. The maximum Gasteiger partial charge on any atom is 0.323 e. The van der Waals surface area contributed by atoms with Gasteiger partial charge in [0.25, 0.3) is 0 Å². The van der Waals surface area contributed by atoms with Crippen LogP contribution in [0.5, 0.6) is 0 Å². The number of anilines is 3. The lowest BCUT2D eigenvalue weighted by Crippen LogP contribution is -2.41. The van der Waals surface area contributed by atoms with Crippen LogP contribution in [-0.2, 0) is 14.9 Å². The molecule has 198 valence electrons. The van der Waals surface area contributed by atoms with E-state index in [9.17, 15) is 23.5 Å². The van der Waals surface area contributed by atoms with Gasteiger partial charge in [0.05, 0.1) is 22.5 Å². The van der Waals surface area contributed by atoms with E-state index in [0.717, 1.165) is 30.9 Å². The Bertz CT molecular complexity index is 1080. The molecule has 2 aromatic rings. The van der Waals surface area contributed by atoms with E-state index in [-0.39, 0.29) is 7.11 Å². The molecule has 0 saturated carbocycles. The average molecular weight is 506 g/mol. The molecule has 1 heterocycles. The Morgan fingerprint density at radius 1 is 1.00 bits per heavy atom. The highest BCUT2D eigenvalue weighted by atomic mass is 19.1. The molecular formula is C27H37F2N3O4. The summed E-state index contributed by atoms with van der Waals surface area (Å²) < 4.78 is 32.8. The molecular weight excluding hydrogens is 468 g/mol. The van der Waals surface area contributed by atoms with Gasteiger partial charge in [0.1, 0.15) is 11.6 Å². The molecule has 2 aromatic carbocycles. The van der Waals surface area contributed by atoms with Crippen molar-refractivity contribution in [3.05, 3.63) is 53.6 Å². The third-order valence-corrected chi connectivity index (χ3v) is 6.24. The number of carboxylic acids is 1. The summed E-state index contributed by atoms with van der Waals surface area (Å²) >= 11 is 0. The molecule has 0 unspecified atom stereocenters. The second kappa shape index (κ2) is 11.7. The van der Waals surface area contributed by atoms with E-state index in [0.29, 0.717) is 55.2 Å². The van der Waals surface area contributed by atoms with Gasteiger partial charge in [-0.25, -0.2) is 13.6 Å². The lowest BCUT2D eigenvalue weighted by Gasteiger charge is -2.35. The van der Waals surface area contributed by atoms with Crippen molar-refractivity contribution >= 4 is 29.1 Å². The van der Waals surface area contributed by atoms with Crippen LogP contribution >= 0.6 is 0 Å². The number of nitrogens with zero attached hydrogens (tertiary/aromatic N) is 1. The number of carboxylic acid groups (broad SMARTS) is 1. The molecule has 3 N–H and O–H groups in total. The summed E-state index contributed by atoms with van der Waals surface area (Å²) in [4.78, 5) is 27.4. The van der Waals surface area contributed by atoms with Gasteiger partial charge in [-0.3, -0.25) is 4.79 Å². The van der Waals surface area contributed by atoms with Crippen LogP contribution in [0.2, 0.25) is 0 Å². The SMILES string of the molecule is CC(C)CN(CC(C)C)c1ccc(C2(C(=O)O)CCOCC2)cc1NC(=O)Nc1ccc(F)cc1F.[HH]. The molecule has 3 rings (SSSR count). The number of benzene rings is 2. The molecule has 9 heteroatoms. The Morgan fingerprint density at radius 3 is 2.17 bits per heavy atom. The molecule has 1 fully saturated rings. The van der Waals surface area contributed by atoms with Crippen molar-refractivity contribution in [3.8, 4) is 0 Å². The minimum Gasteiger partial charge on any atom is -0.481 e. The smallest absolute Gasteiger partial charge is 0.323 e. The number of nitrogens with one attached hydrogen (secondary N) is 2. The van der Waals surface area contributed by atoms with Gasteiger partial charge < -0.3 is 25.4 Å². The summed E-state index contributed by atoms with van der Waals surface area (Å²) in [7, 11) is 0. The first-order valence-electron chi connectivity index (χ1n) is 12.3. The van der Waals surface area contributed by atoms with Crippen LogP contribution in [0.25, 0.3) is 0 Å². The molecule has 0 aromatic heterocycles. The number of carbonyl (C=O) groups is 2. The Labute approximate surface area is 212 Å². The van der Waals surface area contributed by atoms with Crippen LogP contribution in [-0.4, -0.2) is 43.4 Å². The van der Waals surface area contributed by atoms with Gasteiger partial charge in [-0.05, 0) is 54.5 Å². The van der Waals surface area contributed by atoms with Crippen LogP contribution in [0, 0.1) is 23.5 Å². The largest absolute Gasteiger partial charge is 0.481 e. The second-order valence-corrected chi connectivity index (χ2v) is 10.1. The predicted octanol–water partition coefficient (Wildman–Crippen LogP) is 6.11. The number of amides is 2. The number of halogens is 2. The minimum atomic E-state index is -1.13. The number of urea groups is 1. The molecule has 0 bridgehead atoms. The third-order valence-electron chi connectivity index (χ3n) is 6.24. The van der Waals surface area contributed by atoms with Crippen LogP contribution in [0.15, 0.2) is 36.4 Å². The van der Waals surface area contributed by atoms with E-state index in [1.54, 1.807) is 6.07 Å². The van der Waals surface area contributed by atoms with E-state index in [1.807, 2.05) is 12.1 Å². The zero-order valence-corrected chi connectivity index (χ0v) is 21.2. The van der Waals surface area contributed by atoms with Crippen LogP contribution in [0.3, 0.4) is 0 Å². The number of aliphatic carboxylic acids is 1. The van der Waals surface area contributed by atoms with E-state index < -0.39 is 29.0 Å². The standard InChI is InChI=1S/C27H35F2N3O4.H2/c1-17(2)15-32(16-18(3)4)24-8-5-19(27(25(33)34)9-11-36-12-10-27)13-23(24)31-26(35)30-22-7-6-20(28)14-21(22)29;/h5-8,13-14,17-18H,9-12,15-16H2,1-4H3,(H,33,34)(H2,30,31,35);1H. The Hall–Kier alpha value is -3.20. The van der Waals surface area contributed by atoms with Gasteiger partial charge in [-0.15, -0.1) is 0 Å². The van der Waals surface area contributed by atoms with Gasteiger partial charge >= 0.3 is 12.0 Å². The number of ether oxygens (including phenoxy) is 1. The van der Waals surface area contributed by atoms with Crippen molar-refractivity contribution < 1.29 is 29.6 Å². The number of carbonyl (C=O) groups excluding carboxylic acids is 1. The normalized spacial score (nSPS) is 15.1. The van der Waals surface area contributed by atoms with Crippen molar-refractivity contribution in [3.63, 3.8) is 0 Å². The first kappa shape index (κ1) is 27.4. The first-order chi connectivity index (χ1) is 17.0. The summed E-state index contributed by atoms with van der Waals surface area (Å²) in [6.07, 6.45) is 0.631. The van der Waals surface area contributed by atoms with Crippen molar-refractivity contribution in [1.29, 1.82) is 0 Å². The van der Waals surface area contributed by atoms with Gasteiger partial charge in [0.2, 0.25) is 0 Å². The van der Waals surface area contributed by atoms with Crippen LogP contribution in [0.4, 0.5) is 30.6 Å². The maximum absolute atomic E-state index is 14.1. The fraction of sp³-hybridized carbons (Fsp3) is 0.481. The fourth-order valence-corrected chi connectivity index (χ4v) is 4.57. The highest BCUT2D eigenvalue weighted by Crippen LogP contribution is 2.39. The van der Waals surface area contributed by atoms with Crippen LogP contribution in [0.1, 0.15) is 47.5 Å². The third kappa shape index (κ3) is 6.51. The van der Waals surface area contributed by atoms with Gasteiger partial charge in [-0.1, -0.05) is 33.8 Å². The van der Waals surface area contributed by atoms with E-state index in [1.165, 1.54) is 0 Å². The predicted molar refractivity (Wildman–Crippen MR) is 139 cm³/mol. The Morgan fingerprint density at radius 2 is 1.61 bits per heavy atom. The first-order valence-corrected chi connectivity index (χ1v) is 12.3. The summed E-state index contributed by atoms with van der Waals surface area (Å²) in [5.41, 5.74) is 0.427. The molecule has 2 amide bonds. The highest BCUT2D eigenvalue weighted by molar-refractivity contribution is 6.02. The quantitative estimate of drug-likeness (QED) is 0.383. The summed E-state index contributed by atoms with van der Waals surface area (Å²) in [6.45, 7) is 10.5. The molecule has 7 nitrogen and oxygen atoms in total. The molecule has 0 atom stereocenters. The van der Waals surface area contributed by atoms with Gasteiger partial charge in [0, 0.05) is 33.8 Å². The summed E-state index contributed by atoms with van der Waals surface area (Å²) in [5.74, 6) is -1.92. The average Bonchev–Trinajstić information content (AvgIpc) is 2.80. The lowest BCUT2D eigenvalue weighted by molar-refractivity contribution is -0.147. The number of hydrogen-bond acceptors (Lipinski definition) is 4.